The molecule has 0 radical (unpaired) electrons. The molecule has 4 nitrogen and oxygen atoms in total. The van der Waals surface area contributed by atoms with Crippen molar-refractivity contribution in [2.24, 2.45) is 5.10 Å². The summed E-state index contributed by atoms with van der Waals surface area (Å²) in [5, 5.41) is 6.45. The summed E-state index contributed by atoms with van der Waals surface area (Å²) in [4.78, 5) is 9.34. The minimum absolute atomic E-state index is 0.494. The molecule has 1 heterocycles. The average Bonchev–Trinajstić information content (AvgIpc) is 2.72. The van der Waals surface area contributed by atoms with Crippen LogP contribution in [0.5, 0.6) is 0 Å². The molecule has 0 saturated carbocycles. The van der Waals surface area contributed by atoms with Crippen LogP contribution in [0.25, 0.3) is 22.3 Å². The molecule has 0 bridgehead atoms. The Kier molecular flexibility index (Phi) is 5.81. The number of halogens is 3. The van der Waals surface area contributed by atoms with E-state index in [-0.39, 0.29) is 0 Å². The Morgan fingerprint density at radius 3 is 2.48 bits per heavy atom. The summed E-state index contributed by atoms with van der Waals surface area (Å²) in [6, 6.07) is 21.0. The maximum atomic E-state index is 6.37. The first-order chi connectivity index (χ1) is 14.0. The molecule has 0 saturated heterocycles. The van der Waals surface area contributed by atoms with Gasteiger partial charge in [0.1, 0.15) is 0 Å². The lowest BCUT2D eigenvalue weighted by Crippen LogP contribution is -2.03. The number of nitrogens with one attached hydrogen (secondary N) is 1. The van der Waals surface area contributed by atoms with Gasteiger partial charge < -0.3 is 0 Å². The normalized spacial score (nSPS) is 11.7. The number of aromatic nitrogens is 2. The van der Waals surface area contributed by atoms with Crippen LogP contribution in [-0.4, -0.2) is 15.7 Å². The highest BCUT2D eigenvalue weighted by Crippen LogP contribution is 2.31. The molecule has 3 aromatic carbocycles. The SMILES string of the molecule is CC(=NNc1nc(-c2ccc(Cl)cc2Cl)nc2ccccc12)c1ccc(Br)cc1. The Bertz CT molecular complexity index is 1220. The fourth-order valence-electron chi connectivity index (χ4n) is 2.85. The zero-order chi connectivity index (χ0) is 20.4. The second-order valence-electron chi connectivity index (χ2n) is 6.35. The summed E-state index contributed by atoms with van der Waals surface area (Å²) in [5.41, 5.74) is 6.45. The zero-order valence-electron chi connectivity index (χ0n) is 15.3. The lowest BCUT2D eigenvalue weighted by Gasteiger charge is -2.10. The van der Waals surface area contributed by atoms with Gasteiger partial charge in [-0.3, -0.25) is 5.43 Å². The van der Waals surface area contributed by atoms with Crippen molar-refractivity contribution in [1.29, 1.82) is 0 Å². The molecule has 0 unspecified atom stereocenters. The van der Waals surface area contributed by atoms with Gasteiger partial charge in [-0.2, -0.15) is 5.10 Å². The molecule has 4 rings (SSSR count). The molecule has 0 atom stereocenters. The number of hydrogen-bond acceptors (Lipinski definition) is 4. The van der Waals surface area contributed by atoms with E-state index in [9.17, 15) is 0 Å². The maximum Gasteiger partial charge on any atom is 0.163 e. The molecule has 0 aliphatic heterocycles. The fraction of sp³-hybridized carbons (Fsp3) is 0.0455. The van der Waals surface area contributed by atoms with Gasteiger partial charge >= 0.3 is 0 Å². The van der Waals surface area contributed by atoms with E-state index in [1.54, 1.807) is 12.1 Å². The number of benzene rings is 3. The van der Waals surface area contributed by atoms with E-state index >= 15 is 0 Å². The third kappa shape index (κ3) is 4.42. The van der Waals surface area contributed by atoms with E-state index < -0.39 is 0 Å². The predicted octanol–water partition coefficient (Wildman–Crippen LogP) is 7.20. The number of rotatable bonds is 4. The highest BCUT2D eigenvalue weighted by Gasteiger charge is 2.12. The highest BCUT2D eigenvalue weighted by atomic mass is 79.9. The summed E-state index contributed by atoms with van der Waals surface area (Å²) < 4.78 is 1.02. The van der Waals surface area contributed by atoms with E-state index in [4.69, 9.17) is 23.2 Å². The van der Waals surface area contributed by atoms with Gasteiger partial charge in [0.25, 0.3) is 0 Å². The van der Waals surface area contributed by atoms with Crippen LogP contribution in [0, 0.1) is 0 Å². The molecule has 0 aliphatic rings. The first kappa shape index (κ1) is 19.8. The molecule has 29 heavy (non-hydrogen) atoms. The lowest BCUT2D eigenvalue weighted by atomic mass is 10.1. The van der Waals surface area contributed by atoms with Crippen LogP contribution < -0.4 is 5.43 Å². The van der Waals surface area contributed by atoms with Crippen LogP contribution in [0.4, 0.5) is 5.82 Å². The Morgan fingerprint density at radius 1 is 0.966 bits per heavy atom. The first-order valence-electron chi connectivity index (χ1n) is 8.80. The van der Waals surface area contributed by atoms with Gasteiger partial charge in [0.15, 0.2) is 11.6 Å². The van der Waals surface area contributed by atoms with Gasteiger partial charge in [0.05, 0.1) is 16.3 Å². The zero-order valence-corrected chi connectivity index (χ0v) is 18.4. The number of para-hydroxylation sites is 1. The molecular weight excluding hydrogens is 471 g/mol. The standard InChI is InChI=1S/C22H15BrCl2N4/c1-13(14-6-8-15(23)9-7-14)28-29-22-18-4-2-3-5-20(18)26-21(27-22)17-11-10-16(24)12-19(17)25/h2-12H,1H3,(H,26,27,29). The van der Waals surface area contributed by atoms with Crippen LogP contribution in [0.1, 0.15) is 12.5 Å². The quantitative estimate of drug-likeness (QED) is 0.245. The van der Waals surface area contributed by atoms with Crippen LogP contribution >= 0.6 is 39.1 Å². The second-order valence-corrected chi connectivity index (χ2v) is 8.11. The Hall–Kier alpha value is -2.47. The molecule has 4 aromatic rings. The number of anilines is 1. The minimum Gasteiger partial charge on any atom is -0.260 e. The van der Waals surface area contributed by atoms with Crippen LogP contribution in [-0.2, 0) is 0 Å². The number of nitrogens with zero attached hydrogens (tertiary/aromatic N) is 3. The highest BCUT2D eigenvalue weighted by molar-refractivity contribution is 9.10. The smallest absolute Gasteiger partial charge is 0.163 e. The Balaban J connectivity index is 1.76. The van der Waals surface area contributed by atoms with E-state index in [0.29, 0.717) is 27.3 Å². The van der Waals surface area contributed by atoms with E-state index in [0.717, 1.165) is 26.7 Å². The van der Waals surface area contributed by atoms with Gasteiger partial charge in [-0.25, -0.2) is 9.97 Å². The largest absolute Gasteiger partial charge is 0.260 e. The van der Waals surface area contributed by atoms with Crippen LogP contribution in [0.2, 0.25) is 10.0 Å². The summed E-state index contributed by atoms with van der Waals surface area (Å²) in [7, 11) is 0. The minimum atomic E-state index is 0.494. The first-order valence-corrected chi connectivity index (χ1v) is 10.3. The van der Waals surface area contributed by atoms with E-state index in [2.05, 4.69) is 36.4 Å². The number of fused-ring (bicyclic) bond motifs is 1. The molecule has 0 amide bonds. The summed E-state index contributed by atoms with van der Waals surface area (Å²) in [6.07, 6.45) is 0. The third-order valence-corrected chi connectivity index (χ3v) is 5.44. The third-order valence-electron chi connectivity index (χ3n) is 4.37. The van der Waals surface area contributed by atoms with Gasteiger partial charge in [-0.1, -0.05) is 63.4 Å². The number of hydrazone groups is 1. The maximum absolute atomic E-state index is 6.37. The summed E-state index contributed by atoms with van der Waals surface area (Å²) in [5.74, 6) is 1.11. The van der Waals surface area contributed by atoms with Crippen molar-refractivity contribution in [1.82, 2.24) is 9.97 Å². The van der Waals surface area contributed by atoms with Crippen molar-refractivity contribution < 1.29 is 0 Å². The average molecular weight is 486 g/mol. The molecule has 0 fully saturated rings. The molecule has 1 N–H and O–H groups in total. The van der Waals surface area contributed by atoms with Crippen molar-refractivity contribution in [2.75, 3.05) is 5.43 Å². The monoisotopic (exact) mass is 484 g/mol. The van der Waals surface area contributed by atoms with E-state index in [1.807, 2.05) is 61.5 Å². The Labute approximate surface area is 186 Å². The molecule has 1 aromatic heterocycles. The van der Waals surface area contributed by atoms with Gasteiger partial charge in [0, 0.05) is 20.4 Å². The fourth-order valence-corrected chi connectivity index (χ4v) is 3.60. The molecule has 0 spiro atoms. The predicted molar refractivity (Wildman–Crippen MR) is 125 cm³/mol. The Morgan fingerprint density at radius 2 is 1.72 bits per heavy atom. The van der Waals surface area contributed by atoms with Crippen molar-refractivity contribution in [3.63, 3.8) is 0 Å². The van der Waals surface area contributed by atoms with Crippen molar-refractivity contribution >= 4 is 61.6 Å². The topological polar surface area (TPSA) is 50.2 Å². The summed E-state index contributed by atoms with van der Waals surface area (Å²) >= 11 is 15.8. The van der Waals surface area contributed by atoms with Gasteiger partial charge in [-0.15, -0.1) is 0 Å². The summed E-state index contributed by atoms with van der Waals surface area (Å²) in [6.45, 7) is 1.94. The number of hydrogen-bond donors (Lipinski definition) is 1. The van der Waals surface area contributed by atoms with Gasteiger partial charge in [0.2, 0.25) is 0 Å². The molecular formula is C22H15BrCl2N4. The van der Waals surface area contributed by atoms with Gasteiger partial charge in [-0.05, 0) is 55.0 Å². The lowest BCUT2D eigenvalue weighted by molar-refractivity contribution is 1.18. The van der Waals surface area contributed by atoms with Crippen molar-refractivity contribution in [3.05, 3.63) is 86.8 Å². The van der Waals surface area contributed by atoms with Crippen LogP contribution in [0.15, 0.2) is 76.3 Å². The molecule has 0 aliphatic carbocycles. The van der Waals surface area contributed by atoms with E-state index in [1.165, 1.54) is 0 Å². The van der Waals surface area contributed by atoms with Crippen molar-refractivity contribution in [3.8, 4) is 11.4 Å². The van der Waals surface area contributed by atoms with Crippen LogP contribution in [0.3, 0.4) is 0 Å². The second kappa shape index (κ2) is 8.49. The molecule has 7 heteroatoms. The van der Waals surface area contributed by atoms with Crippen molar-refractivity contribution in [2.45, 2.75) is 6.92 Å². The molecule has 144 valence electrons.